The maximum atomic E-state index is 14.1. The van der Waals surface area contributed by atoms with Gasteiger partial charge in [0.2, 0.25) is 0 Å². The molecule has 1 aliphatic heterocycles. The van der Waals surface area contributed by atoms with Crippen LogP contribution in [0.2, 0.25) is 0 Å². The van der Waals surface area contributed by atoms with Crippen LogP contribution in [0.4, 0.5) is 14.5 Å². The number of para-hydroxylation sites is 1. The van der Waals surface area contributed by atoms with Crippen molar-refractivity contribution in [3.63, 3.8) is 0 Å². The van der Waals surface area contributed by atoms with Crippen LogP contribution in [-0.4, -0.2) is 50.4 Å². The molecule has 6 nitrogen and oxygen atoms in total. The van der Waals surface area contributed by atoms with Gasteiger partial charge in [0.25, 0.3) is 0 Å². The molecule has 0 amide bonds. The third-order valence-electron chi connectivity index (χ3n) is 5.03. The minimum absolute atomic E-state index is 0. The summed E-state index contributed by atoms with van der Waals surface area (Å²) >= 11 is 0. The van der Waals surface area contributed by atoms with Crippen LogP contribution in [-0.2, 0) is 0 Å². The zero-order valence-corrected chi connectivity index (χ0v) is 20.0. The highest BCUT2D eigenvalue weighted by molar-refractivity contribution is 14.0. The Balaban J connectivity index is 0.00000341. The predicted molar refractivity (Wildman–Crippen MR) is 129 cm³/mol. The lowest BCUT2D eigenvalue weighted by Crippen LogP contribution is -2.45. The van der Waals surface area contributed by atoms with E-state index in [1.165, 1.54) is 18.2 Å². The van der Waals surface area contributed by atoms with E-state index in [1.54, 1.807) is 18.1 Å². The molecule has 3 rings (SSSR count). The summed E-state index contributed by atoms with van der Waals surface area (Å²) in [6.07, 6.45) is -0.0560. The van der Waals surface area contributed by atoms with Crippen LogP contribution in [0.3, 0.4) is 0 Å². The van der Waals surface area contributed by atoms with E-state index in [9.17, 15) is 13.9 Å². The summed E-state index contributed by atoms with van der Waals surface area (Å²) in [6, 6.07) is 11.1. The number of hydrogen-bond donors (Lipinski definition) is 3. The minimum Gasteiger partial charge on any atom is -0.497 e. The van der Waals surface area contributed by atoms with Gasteiger partial charge in [-0.1, -0.05) is 18.2 Å². The van der Waals surface area contributed by atoms with Gasteiger partial charge in [0.1, 0.15) is 23.1 Å². The molecule has 2 atom stereocenters. The fourth-order valence-corrected chi connectivity index (χ4v) is 3.52. The van der Waals surface area contributed by atoms with E-state index >= 15 is 0 Å². The van der Waals surface area contributed by atoms with Gasteiger partial charge in [-0.15, -0.1) is 24.0 Å². The lowest BCUT2D eigenvalue weighted by Gasteiger charge is -2.21. The summed E-state index contributed by atoms with van der Waals surface area (Å²) in [5, 5.41) is 16.9. The van der Waals surface area contributed by atoms with Crippen LogP contribution < -0.4 is 20.3 Å². The smallest absolute Gasteiger partial charge is 0.191 e. The summed E-state index contributed by atoms with van der Waals surface area (Å²) < 4.78 is 33.3. The van der Waals surface area contributed by atoms with Gasteiger partial charge in [-0.2, -0.15) is 0 Å². The van der Waals surface area contributed by atoms with E-state index in [4.69, 9.17) is 4.74 Å². The third-order valence-corrected chi connectivity index (χ3v) is 5.03. The molecular weight excluding hydrogens is 517 g/mol. The van der Waals surface area contributed by atoms with Crippen LogP contribution in [0.1, 0.15) is 25.0 Å². The van der Waals surface area contributed by atoms with Gasteiger partial charge >= 0.3 is 0 Å². The molecular formula is C22H29F2IN4O2. The van der Waals surface area contributed by atoms with Crippen LogP contribution in [0, 0.1) is 11.6 Å². The lowest BCUT2D eigenvalue weighted by molar-refractivity contribution is 0.186. The fraction of sp³-hybridized carbons (Fsp3) is 0.409. The number of hydrogen-bond acceptors (Lipinski definition) is 4. The number of guanidine groups is 1. The molecule has 1 fully saturated rings. The van der Waals surface area contributed by atoms with Gasteiger partial charge in [0.05, 0.1) is 19.8 Å². The van der Waals surface area contributed by atoms with Crippen molar-refractivity contribution >= 4 is 35.6 Å². The maximum absolute atomic E-state index is 14.1. The first-order valence-electron chi connectivity index (χ1n) is 10.1. The number of rotatable bonds is 7. The van der Waals surface area contributed by atoms with Crippen molar-refractivity contribution in [2.24, 2.45) is 4.99 Å². The number of benzene rings is 2. The van der Waals surface area contributed by atoms with Gasteiger partial charge in [0.15, 0.2) is 5.96 Å². The molecule has 0 saturated carbocycles. The Morgan fingerprint density at radius 3 is 2.65 bits per heavy atom. The average molecular weight is 546 g/mol. The first-order valence-corrected chi connectivity index (χ1v) is 10.1. The molecule has 170 valence electrons. The molecule has 1 saturated heterocycles. The number of aliphatic hydroxyl groups is 1. The molecule has 1 heterocycles. The van der Waals surface area contributed by atoms with Gasteiger partial charge < -0.3 is 25.4 Å². The van der Waals surface area contributed by atoms with Crippen LogP contribution >= 0.6 is 24.0 Å². The molecule has 0 radical (unpaired) electrons. The SMILES string of the molecule is CCNC(=NCC(O)c1cccc(OC)c1)NC1CCN(c2c(F)cccc2F)C1.I. The third kappa shape index (κ3) is 6.67. The summed E-state index contributed by atoms with van der Waals surface area (Å²) in [4.78, 5) is 6.18. The summed E-state index contributed by atoms with van der Waals surface area (Å²) in [7, 11) is 1.58. The van der Waals surface area contributed by atoms with Crippen molar-refractivity contribution in [2.75, 3.05) is 38.2 Å². The first kappa shape index (κ1) is 25.1. The first-order chi connectivity index (χ1) is 14.5. The standard InChI is InChI=1S/C22H28F2N4O2.HI/c1-3-25-22(26-13-20(29)15-6-4-7-17(12-15)30-2)27-16-10-11-28(14-16)21-18(23)8-5-9-19(21)24;/h4-9,12,16,20,29H,3,10-11,13-14H2,1-2H3,(H2,25,26,27);1H. The van der Waals surface area contributed by atoms with E-state index in [2.05, 4.69) is 15.6 Å². The van der Waals surface area contributed by atoms with Crippen LogP contribution in [0.15, 0.2) is 47.5 Å². The van der Waals surface area contributed by atoms with E-state index in [0.29, 0.717) is 31.3 Å². The highest BCUT2D eigenvalue weighted by Gasteiger charge is 2.27. The van der Waals surface area contributed by atoms with Gasteiger partial charge in [-0.3, -0.25) is 4.99 Å². The number of nitrogens with one attached hydrogen (secondary N) is 2. The highest BCUT2D eigenvalue weighted by Crippen LogP contribution is 2.26. The zero-order valence-electron chi connectivity index (χ0n) is 17.6. The molecule has 0 spiro atoms. The van der Waals surface area contributed by atoms with Crippen molar-refractivity contribution < 1.29 is 18.6 Å². The van der Waals surface area contributed by atoms with E-state index in [1.807, 2.05) is 25.1 Å². The fourth-order valence-electron chi connectivity index (χ4n) is 3.52. The topological polar surface area (TPSA) is 69.1 Å². The summed E-state index contributed by atoms with van der Waals surface area (Å²) in [5.41, 5.74) is 0.730. The van der Waals surface area contributed by atoms with Crippen molar-refractivity contribution in [1.82, 2.24) is 10.6 Å². The van der Waals surface area contributed by atoms with Crippen LogP contribution in [0.5, 0.6) is 5.75 Å². The van der Waals surface area contributed by atoms with E-state index < -0.39 is 17.7 Å². The Morgan fingerprint density at radius 2 is 1.97 bits per heavy atom. The molecule has 0 aromatic heterocycles. The Kier molecular flexibility index (Phi) is 9.76. The largest absolute Gasteiger partial charge is 0.497 e. The Bertz CT molecular complexity index is 864. The van der Waals surface area contributed by atoms with E-state index in [-0.39, 0.29) is 42.3 Å². The monoisotopic (exact) mass is 546 g/mol. The number of aliphatic imine (C=N–C) groups is 1. The second-order valence-electron chi connectivity index (χ2n) is 7.16. The second-order valence-corrected chi connectivity index (χ2v) is 7.16. The number of ether oxygens (including phenoxy) is 1. The quantitative estimate of drug-likeness (QED) is 0.282. The molecule has 2 aromatic rings. The predicted octanol–water partition coefficient (Wildman–Crippen LogP) is 3.46. The molecule has 9 heteroatoms. The zero-order chi connectivity index (χ0) is 21.5. The molecule has 2 aromatic carbocycles. The number of aliphatic hydroxyl groups excluding tert-OH is 1. The molecule has 3 N–H and O–H groups in total. The van der Waals surface area contributed by atoms with Gasteiger partial charge in [0, 0.05) is 25.7 Å². The molecule has 2 unspecified atom stereocenters. The van der Waals surface area contributed by atoms with Crippen molar-refractivity contribution in [3.8, 4) is 5.75 Å². The number of anilines is 1. The Morgan fingerprint density at radius 1 is 1.26 bits per heavy atom. The van der Waals surface area contributed by atoms with Crippen molar-refractivity contribution in [2.45, 2.75) is 25.5 Å². The maximum Gasteiger partial charge on any atom is 0.191 e. The van der Waals surface area contributed by atoms with Crippen molar-refractivity contribution in [1.29, 1.82) is 0 Å². The van der Waals surface area contributed by atoms with E-state index in [0.717, 1.165) is 12.0 Å². The highest BCUT2D eigenvalue weighted by atomic mass is 127. The molecule has 31 heavy (non-hydrogen) atoms. The minimum atomic E-state index is -0.775. The number of halogens is 3. The average Bonchev–Trinajstić information content (AvgIpc) is 3.19. The summed E-state index contributed by atoms with van der Waals surface area (Å²) in [5.74, 6) is 0.113. The molecule has 0 aliphatic carbocycles. The molecule has 0 bridgehead atoms. The van der Waals surface area contributed by atoms with Crippen LogP contribution in [0.25, 0.3) is 0 Å². The second kappa shape index (κ2) is 12.0. The summed E-state index contributed by atoms with van der Waals surface area (Å²) in [6.45, 7) is 3.77. The number of nitrogens with zero attached hydrogens (tertiary/aromatic N) is 2. The lowest BCUT2D eigenvalue weighted by atomic mass is 10.1. The van der Waals surface area contributed by atoms with Gasteiger partial charge in [-0.25, -0.2) is 8.78 Å². The Hall–Kier alpha value is -2.14. The number of methoxy groups -OCH3 is 1. The normalized spacial score (nSPS) is 17.1. The molecule has 1 aliphatic rings. The Labute approximate surface area is 198 Å². The van der Waals surface area contributed by atoms with Crippen molar-refractivity contribution in [3.05, 3.63) is 59.7 Å². The van der Waals surface area contributed by atoms with Gasteiger partial charge in [-0.05, 0) is 43.2 Å².